The maximum absolute atomic E-state index is 10.7. The summed E-state index contributed by atoms with van der Waals surface area (Å²) in [6, 6.07) is 2.02. The van der Waals surface area contributed by atoms with E-state index in [1.807, 2.05) is 0 Å². The largest absolute Gasteiger partial charge is 0.480 e. The van der Waals surface area contributed by atoms with Crippen molar-refractivity contribution in [1.82, 2.24) is 4.73 Å². The molecule has 1 aromatic heterocycles. The van der Waals surface area contributed by atoms with Gasteiger partial charge >= 0.3 is 5.97 Å². The molecular weight excluding hydrogens is 279 g/mol. The topological polar surface area (TPSA) is 88.5 Å². The van der Waals surface area contributed by atoms with Gasteiger partial charge in [-0.3, -0.25) is 4.79 Å². The molecular formula is C11H10Cl2N2O3. The Hall–Kier alpha value is -1.43. The van der Waals surface area contributed by atoms with Crippen LogP contribution in [0.1, 0.15) is 5.56 Å². The Morgan fingerprint density at radius 3 is 2.72 bits per heavy atom. The monoisotopic (exact) mass is 288 g/mol. The van der Waals surface area contributed by atoms with Crippen LogP contribution in [-0.2, 0) is 11.2 Å². The van der Waals surface area contributed by atoms with Crippen LogP contribution in [0.5, 0.6) is 0 Å². The van der Waals surface area contributed by atoms with Gasteiger partial charge in [0.15, 0.2) is 0 Å². The van der Waals surface area contributed by atoms with Gasteiger partial charge in [0.2, 0.25) is 0 Å². The van der Waals surface area contributed by atoms with Crippen molar-refractivity contribution in [3.8, 4) is 0 Å². The van der Waals surface area contributed by atoms with Crippen molar-refractivity contribution in [2.75, 3.05) is 0 Å². The highest BCUT2D eigenvalue weighted by Gasteiger charge is 2.18. The molecule has 7 heteroatoms. The van der Waals surface area contributed by atoms with Gasteiger partial charge in [0.1, 0.15) is 6.04 Å². The number of aromatic nitrogens is 1. The van der Waals surface area contributed by atoms with Gasteiger partial charge in [-0.1, -0.05) is 23.2 Å². The molecule has 96 valence electrons. The first-order valence-electron chi connectivity index (χ1n) is 5.06. The molecule has 1 heterocycles. The Balaban J connectivity index is 2.56. The minimum Gasteiger partial charge on any atom is -0.480 e. The normalized spacial score (nSPS) is 12.8. The number of hydrogen-bond acceptors (Lipinski definition) is 3. The number of halogens is 2. The number of carboxylic acid groups (broad SMARTS) is 1. The predicted octanol–water partition coefficient (Wildman–Crippen LogP) is 2.14. The third-order valence-electron chi connectivity index (χ3n) is 2.64. The summed E-state index contributed by atoms with van der Waals surface area (Å²) < 4.78 is 0.858. The van der Waals surface area contributed by atoms with Crippen molar-refractivity contribution < 1.29 is 15.1 Å². The lowest BCUT2D eigenvalue weighted by molar-refractivity contribution is -0.138. The number of aliphatic carboxylic acids is 1. The first kappa shape index (κ1) is 13.0. The van der Waals surface area contributed by atoms with Crippen LogP contribution in [0.25, 0.3) is 10.9 Å². The van der Waals surface area contributed by atoms with Crippen LogP contribution in [0.15, 0.2) is 18.3 Å². The van der Waals surface area contributed by atoms with Gasteiger partial charge in [0.25, 0.3) is 0 Å². The van der Waals surface area contributed by atoms with Crippen LogP contribution in [0, 0.1) is 0 Å². The molecule has 2 rings (SSSR count). The molecule has 0 bridgehead atoms. The van der Waals surface area contributed by atoms with Gasteiger partial charge in [-0.15, -0.1) is 0 Å². The molecule has 0 amide bonds. The van der Waals surface area contributed by atoms with Crippen molar-refractivity contribution in [2.24, 2.45) is 5.73 Å². The molecule has 5 nitrogen and oxygen atoms in total. The molecule has 1 aromatic carbocycles. The number of fused-ring (bicyclic) bond motifs is 1. The second-order valence-electron chi connectivity index (χ2n) is 3.93. The zero-order valence-electron chi connectivity index (χ0n) is 9.10. The van der Waals surface area contributed by atoms with E-state index in [4.69, 9.17) is 34.0 Å². The summed E-state index contributed by atoms with van der Waals surface area (Å²) in [7, 11) is 0. The second kappa shape index (κ2) is 4.68. The molecule has 0 spiro atoms. The van der Waals surface area contributed by atoms with Crippen molar-refractivity contribution in [3.05, 3.63) is 33.9 Å². The van der Waals surface area contributed by atoms with Crippen LogP contribution < -0.4 is 5.73 Å². The molecule has 0 saturated carbocycles. The summed E-state index contributed by atoms with van der Waals surface area (Å²) in [4.78, 5) is 10.7. The molecule has 4 N–H and O–H groups in total. The molecule has 0 aliphatic carbocycles. The van der Waals surface area contributed by atoms with Crippen LogP contribution in [0.3, 0.4) is 0 Å². The van der Waals surface area contributed by atoms with E-state index in [0.717, 1.165) is 4.73 Å². The Bertz CT molecular complexity index is 624. The van der Waals surface area contributed by atoms with Gasteiger partial charge in [-0.2, -0.15) is 4.73 Å². The molecule has 0 saturated heterocycles. The highest BCUT2D eigenvalue weighted by molar-refractivity contribution is 6.38. The lowest BCUT2D eigenvalue weighted by Crippen LogP contribution is -2.32. The molecule has 0 radical (unpaired) electrons. The summed E-state index contributed by atoms with van der Waals surface area (Å²) >= 11 is 11.9. The average molecular weight is 289 g/mol. The molecule has 2 aromatic rings. The second-order valence-corrected chi connectivity index (χ2v) is 4.77. The van der Waals surface area contributed by atoms with Crippen molar-refractivity contribution in [3.63, 3.8) is 0 Å². The zero-order valence-corrected chi connectivity index (χ0v) is 10.6. The Morgan fingerprint density at radius 1 is 1.44 bits per heavy atom. The van der Waals surface area contributed by atoms with E-state index in [0.29, 0.717) is 26.5 Å². The lowest BCUT2D eigenvalue weighted by Gasteiger charge is -2.05. The first-order valence-corrected chi connectivity index (χ1v) is 5.82. The number of hydrogen-bond donors (Lipinski definition) is 3. The van der Waals surface area contributed by atoms with Crippen LogP contribution >= 0.6 is 23.2 Å². The lowest BCUT2D eigenvalue weighted by atomic mass is 10.1. The Labute approximate surface area is 112 Å². The summed E-state index contributed by atoms with van der Waals surface area (Å²) in [6.45, 7) is 0. The third kappa shape index (κ3) is 2.25. The maximum atomic E-state index is 10.7. The van der Waals surface area contributed by atoms with E-state index >= 15 is 0 Å². The first-order chi connectivity index (χ1) is 8.40. The Kier molecular flexibility index (Phi) is 3.38. The quantitative estimate of drug-likeness (QED) is 0.755. The molecule has 18 heavy (non-hydrogen) atoms. The number of carbonyl (C=O) groups is 1. The molecule has 1 atom stereocenters. The number of benzene rings is 1. The van der Waals surface area contributed by atoms with Crippen molar-refractivity contribution >= 4 is 40.1 Å². The highest BCUT2D eigenvalue weighted by Crippen LogP contribution is 2.32. The van der Waals surface area contributed by atoms with Gasteiger partial charge in [-0.05, 0) is 17.7 Å². The van der Waals surface area contributed by atoms with Crippen LogP contribution in [-0.4, -0.2) is 27.1 Å². The highest BCUT2D eigenvalue weighted by atomic mass is 35.5. The van der Waals surface area contributed by atoms with E-state index in [9.17, 15) is 10.0 Å². The fourth-order valence-corrected chi connectivity index (χ4v) is 2.42. The number of carboxylic acids is 1. The molecule has 0 aliphatic heterocycles. The molecule has 0 fully saturated rings. The molecule has 1 unspecified atom stereocenters. The maximum Gasteiger partial charge on any atom is 0.320 e. The smallest absolute Gasteiger partial charge is 0.320 e. The summed E-state index contributed by atoms with van der Waals surface area (Å²) in [5.74, 6) is -1.11. The standard InChI is InChI=1S/C11H10Cl2N2O3/c12-6-2-7(13)10-5(1-8(14)11(16)17)4-15(18)9(10)3-6/h2-4,8,18H,1,14H2,(H,16,17). The van der Waals surface area contributed by atoms with Gasteiger partial charge in [-0.25, -0.2) is 0 Å². The molecule has 0 aliphatic rings. The van der Waals surface area contributed by atoms with Crippen molar-refractivity contribution in [2.45, 2.75) is 12.5 Å². The van der Waals surface area contributed by atoms with Gasteiger partial charge < -0.3 is 16.0 Å². The van der Waals surface area contributed by atoms with E-state index < -0.39 is 12.0 Å². The van der Waals surface area contributed by atoms with E-state index in [1.165, 1.54) is 12.3 Å². The average Bonchev–Trinajstić information content (AvgIpc) is 2.55. The Morgan fingerprint density at radius 2 is 2.11 bits per heavy atom. The SMILES string of the molecule is NC(Cc1cn(O)c2cc(Cl)cc(Cl)c12)C(=O)O. The van der Waals surface area contributed by atoms with Crippen LogP contribution in [0.4, 0.5) is 0 Å². The predicted molar refractivity (Wildman–Crippen MR) is 68.5 cm³/mol. The fraction of sp³-hybridized carbons (Fsp3) is 0.182. The summed E-state index contributed by atoms with van der Waals surface area (Å²) in [5, 5.41) is 19.8. The summed E-state index contributed by atoms with van der Waals surface area (Å²) in [6.07, 6.45) is 1.45. The van der Waals surface area contributed by atoms with Gasteiger partial charge in [0.05, 0.1) is 10.5 Å². The minimum atomic E-state index is -1.11. The summed E-state index contributed by atoms with van der Waals surface area (Å²) in [5.41, 5.74) is 6.45. The minimum absolute atomic E-state index is 0.0702. The fourth-order valence-electron chi connectivity index (χ4n) is 1.82. The van der Waals surface area contributed by atoms with E-state index in [2.05, 4.69) is 0 Å². The van der Waals surface area contributed by atoms with Crippen LogP contribution in [0.2, 0.25) is 10.0 Å². The zero-order chi connectivity index (χ0) is 13.4. The van der Waals surface area contributed by atoms with Crippen molar-refractivity contribution in [1.29, 1.82) is 0 Å². The number of rotatable bonds is 3. The number of nitrogens with two attached hydrogens (primary N) is 1. The van der Waals surface area contributed by atoms with E-state index in [-0.39, 0.29) is 6.42 Å². The number of nitrogens with zero attached hydrogens (tertiary/aromatic N) is 1. The third-order valence-corrected chi connectivity index (χ3v) is 3.15. The van der Waals surface area contributed by atoms with E-state index in [1.54, 1.807) is 6.07 Å². The van der Waals surface area contributed by atoms with Gasteiger partial charge in [0, 0.05) is 23.0 Å².